The molecule has 2 unspecified atom stereocenters. The Kier molecular flexibility index (Phi) is 8.60. The number of aliphatic hydroxyl groups is 6. The Labute approximate surface area is 216 Å². The van der Waals surface area contributed by atoms with Crippen LogP contribution >= 0.6 is 15.6 Å². The van der Waals surface area contributed by atoms with Crippen molar-refractivity contribution in [3.63, 3.8) is 0 Å². The fraction of sp³-hybridized carbons (Fsp3) is 0.688. The number of nitrogens with two attached hydrogens (primary N) is 1. The van der Waals surface area contributed by atoms with Gasteiger partial charge in [0.15, 0.2) is 23.7 Å². The van der Waals surface area contributed by atoms with Gasteiger partial charge in [0, 0.05) is 0 Å². The van der Waals surface area contributed by atoms with Crippen molar-refractivity contribution in [2.75, 3.05) is 18.9 Å². The van der Waals surface area contributed by atoms with Crippen molar-refractivity contribution in [1.29, 1.82) is 0 Å². The number of anilines is 1. The number of phosphoric acid groups is 2. The molecule has 2 aromatic heterocycles. The molecule has 2 saturated heterocycles. The molecule has 4 rings (SSSR count). The largest absolute Gasteiger partial charge is 0.483 e. The van der Waals surface area contributed by atoms with Gasteiger partial charge in [-0.15, -0.1) is 0 Å². The Bertz CT molecular complexity index is 1340. The summed E-state index contributed by atoms with van der Waals surface area (Å²) < 4.78 is 49.1. The van der Waals surface area contributed by atoms with Gasteiger partial charge in [-0.1, -0.05) is 0 Å². The van der Waals surface area contributed by atoms with Crippen LogP contribution < -0.4 is 11.3 Å². The molecule has 0 amide bonds. The molecule has 2 aromatic rings. The van der Waals surface area contributed by atoms with Gasteiger partial charge < -0.3 is 55.6 Å². The van der Waals surface area contributed by atoms with Gasteiger partial charge in [0.2, 0.25) is 5.95 Å². The van der Waals surface area contributed by atoms with Crippen LogP contribution in [0.15, 0.2) is 11.1 Å². The zero-order valence-electron chi connectivity index (χ0n) is 19.3. The van der Waals surface area contributed by atoms with Crippen LogP contribution in [0.1, 0.15) is 6.23 Å². The minimum Gasteiger partial charge on any atom is -0.394 e. The number of nitrogen functional groups attached to an aromatic ring is 1. The summed E-state index contributed by atoms with van der Waals surface area (Å²) in [5, 5.41) is 59.2. The zero-order valence-corrected chi connectivity index (χ0v) is 21.1. The van der Waals surface area contributed by atoms with Crippen molar-refractivity contribution in [2.45, 2.75) is 55.2 Å². The molecule has 21 nitrogen and oxygen atoms in total. The van der Waals surface area contributed by atoms with E-state index in [-0.39, 0.29) is 17.1 Å². The van der Waals surface area contributed by atoms with Crippen molar-refractivity contribution in [3.8, 4) is 0 Å². The first-order valence-electron chi connectivity index (χ1n) is 10.9. The maximum absolute atomic E-state index is 12.3. The summed E-state index contributed by atoms with van der Waals surface area (Å²) in [6, 6.07) is 0. The molecule has 11 atom stereocenters. The number of nitrogens with zero attached hydrogens (tertiary/aromatic N) is 3. The first-order valence-corrected chi connectivity index (χ1v) is 13.9. The molecule has 0 aromatic carbocycles. The maximum Gasteiger partial charge on any atom is 0.483 e. The highest BCUT2D eigenvalue weighted by molar-refractivity contribution is 7.61. The van der Waals surface area contributed by atoms with Crippen LogP contribution in [0.4, 0.5) is 5.95 Å². The number of aromatic nitrogens is 4. The summed E-state index contributed by atoms with van der Waals surface area (Å²) in [5.74, 6) is -0.278. The lowest BCUT2D eigenvalue weighted by Crippen LogP contribution is -2.58. The van der Waals surface area contributed by atoms with Crippen molar-refractivity contribution in [1.82, 2.24) is 19.5 Å². The van der Waals surface area contributed by atoms with E-state index in [1.807, 2.05) is 0 Å². The number of phosphoric ester groups is 2. The average molecular weight is 605 g/mol. The first kappa shape index (κ1) is 30.1. The van der Waals surface area contributed by atoms with Crippen LogP contribution in [0.2, 0.25) is 0 Å². The van der Waals surface area contributed by atoms with Crippen molar-refractivity contribution >= 4 is 32.8 Å². The standard InChI is InChI=1S/C16H25N5O16P2/c17-16-19-12-6(13(28)20-16)18-3-21(12)14-10(26)8(24)5(34-14)2-33-38(29,30)37-39(31,32)36-15-11(27)9(25)7(23)4(1-22)35-15/h3-5,7-11,14-15,22-27H,1-2H2,(H,29,30)(H,31,32)(H3,17,19,20,28)/t4-,5+,7-,8+,9+,10+,11+,14+,15-/m1/s1. The second-order valence-electron chi connectivity index (χ2n) is 8.44. The quantitative estimate of drug-likeness (QED) is 0.120. The number of H-pyrrole nitrogens is 1. The Morgan fingerprint density at radius 3 is 2.33 bits per heavy atom. The zero-order chi connectivity index (χ0) is 28.9. The molecule has 0 radical (unpaired) electrons. The summed E-state index contributed by atoms with van der Waals surface area (Å²) in [6.45, 7) is -1.89. The van der Waals surface area contributed by atoms with Gasteiger partial charge in [0.1, 0.15) is 42.7 Å². The Morgan fingerprint density at radius 1 is 1.00 bits per heavy atom. The lowest BCUT2D eigenvalue weighted by Gasteiger charge is -2.39. The van der Waals surface area contributed by atoms with Crippen LogP contribution in [0.5, 0.6) is 0 Å². The Morgan fingerprint density at radius 2 is 1.67 bits per heavy atom. The SMILES string of the molecule is Nc1nc2c(ncn2[C@H]2O[C@@H](COP(=O)(O)OP(=O)(O)O[C@H]3O[C@H](CO)[C@@H](O)[C@H](O)[C@@H]3O)[C@H](O)[C@@H]2O)c(=O)[nH]1. The number of fused-ring (bicyclic) bond motifs is 1. The molecule has 220 valence electrons. The highest BCUT2D eigenvalue weighted by atomic mass is 31.3. The predicted octanol–water partition coefficient (Wildman–Crippen LogP) is -4.63. The number of hydrogen-bond acceptors (Lipinski definition) is 17. The van der Waals surface area contributed by atoms with Crippen LogP contribution in [0.25, 0.3) is 11.2 Å². The topological polar surface area (TPSA) is 332 Å². The van der Waals surface area contributed by atoms with Gasteiger partial charge in [-0.2, -0.15) is 9.29 Å². The number of imidazole rings is 1. The van der Waals surface area contributed by atoms with Gasteiger partial charge in [0.25, 0.3) is 5.56 Å². The summed E-state index contributed by atoms with van der Waals surface area (Å²) in [6.07, 6.45) is -15.0. The monoisotopic (exact) mass is 605 g/mol. The van der Waals surface area contributed by atoms with Crippen LogP contribution in [0.3, 0.4) is 0 Å². The van der Waals surface area contributed by atoms with E-state index in [0.717, 1.165) is 10.9 Å². The predicted molar refractivity (Wildman–Crippen MR) is 120 cm³/mol. The van der Waals surface area contributed by atoms with Gasteiger partial charge >= 0.3 is 15.6 Å². The highest BCUT2D eigenvalue weighted by Crippen LogP contribution is 2.61. The lowest BCUT2D eigenvalue weighted by molar-refractivity contribution is -0.280. The van der Waals surface area contributed by atoms with Crippen LogP contribution in [-0.4, -0.2) is 122 Å². The summed E-state index contributed by atoms with van der Waals surface area (Å²) >= 11 is 0. The van der Waals surface area contributed by atoms with Crippen molar-refractivity contribution < 1.29 is 72.4 Å². The molecule has 0 spiro atoms. The summed E-state index contributed by atoms with van der Waals surface area (Å²) in [5.41, 5.74) is 4.54. The number of hydrogen-bond donors (Lipinski definition) is 10. The smallest absolute Gasteiger partial charge is 0.394 e. The molecule has 2 fully saturated rings. The second kappa shape index (κ2) is 11.2. The van der Waals surface area contributed by atoms with E-state index in [0.29, 0.717) is 0 Å². The van der Waals surface area contributed by atoms with E-state index in [1.54, 1.807) is 0 Å². The lowest BCUT2D eigenvalue weighted by atomic mass is 10.00. The number of ether oxygens (including phenoxy) is 2. The molecule has 4 heterocycles. The minimum atomic E-state index is -5.60. The molecular formula is C16H25N5O16P2. The third kappa shape index (κ3) is 6.22. The number of nitrogens with one attached hydrogen (secondary N) is 1. The normalized spacial score (nSPS) is 36.6. The van der Waals surface area contributed by atoms with Crippen LogP contribution in [-0.2, 0) is 32.0 Å². The minimum absolute atomic E-state index is 0.114. The number of aromatic amines is 1. The van der Waals surface area contributed by atoms with Gasteiger partial charge in [-0.05, 0) is 0 Å². The molecule has 39 heavy (non-hydrogen) atoms. The highest BCUT2D eigenvalue weighted by Gasteiger charge is 2.49. The van der Waals surface area contributed by atoms with E-state index in [4.69, 9.17) is 20.3 Å². The molecule has 0 aliphatic carbocycles. The molecule has 2 aliphatic rings. The van der Waals surface area contributed by atoms with Gasteiger partial charge in [0.05, 0.1) is 19.5 Å². The fourth-order valence-electron chi connectivity index (χ4n) is 3.85. The van der Waals surface area contributed by atoms with Gasteiger partial charge in [-0.3, -0.25) is 23.4 Å². The molecule has 0 saturated carbocycles. The molecular weight excluding hydrogens is 580 g/mol. The molecule has 23 heteroatoms. The Balaban J connectivity index is 1.39. The van der Waals surface area contributed by atoms with E-state index in [2.05, 4.69) is 28.3 Å². The molecule has 2 aliphatic heterocycles. The fourth-order valence-corrected chi connectivity index (χ4v) is 6.01. The third-order valence-electron chi connectivity index (χ3n) is 5.76. The summed E-state index contributed by atoms with van der Waals surface area (Å²) in [4.78, 5) is 41.7. The molecule has 0 bridgehead atoms. The summed E-state index contributed by atoms with van der Waals surface area (Å²) in [7, 11) is -11.1. The average Bonchev–Trinajstić information content (AvgIpc) is 3.38. The number of rotatable bonds is 9. The second-order valence-corrected chi connectivity index (χ2v) is 11.4. The Hall–Kier alpha value is -1.91. The van der Waals surface area contributed by atoms with Gasteiger partial charge in [-0.25, -0.2) is 14.1 Å². The van der Waals surface area contributed by atoms with Crippen molar-refractivity contribution in [2.24, 2.45) is 0 Å². The van der Waals surface area contributed by atoms with E-state index in [1.165, 1.54) is 0 Å². The van der Waals surface area contributed by atoms with E-state index in [9.17, 15) is 49.2 Å². The molecule has 11 N–H and O–H groups in total. The third-order valence-corrected chi connectivity index (χ3v) is 8.36. The van der Waals surface area contributed by atoms with Crippen molar-refractivity contribution in [3.05, 3.63) is 16.7 Å². The number of aliphatic hydroxyl groups excluding tert-OH is 6. The first-order chi connectivity index (χ1) is 18.1. The van der Waals surface area contributed by atoms with Crippen LogP contribution in [0, 0.1) is 0 Å². The van der Waals surface area contributed by atoms with E-state index >= 15 is 0 Å². The maximum atomic E-state index is 12.3. The van der Waals surface area contributed by atoms with E-state index < -0.39 is 89.7 Å².